The number of rotatable bonds is 6. The molecule has 0 aliphatic rings. The van der Waals surface area contributed by atoms with Crippen LogP contribution in [-0.4, -0.2) is 34.5 Å². The number of aromatic nitrogens is 2. The molecule has 5 heteroatoms. The maximum atomic E-state index is 5.90. The zero-order chi connectivity index (χ0) is 12.8. The zero-order valence-corrected chi connectivity index (χ0v) is 13.0. The Morgan fingerprint density at radius 3 is 2.35 bits per heavy atom. The summed E-state index contributed by atoms with van der Waals surface area (Å²) >= 11 is 2.22. The van der Waals surface area contributed by atoms with Crippen LogP contribution in [0.3, 0.4) is 0 Å². The van der Waals surface area contributed by atoms with Gasteiger partial charge in [0.2, 0.25) is 0 Å². The Morgan fingerprint density at radius 2 is 1.82 bits per heavy atom. The summed E-state index contributed by atoms with van der Waals surface area (Å²) in [6.45, 7) is 9.57. The second kappa shape index (κ2) is 7.10. The van der Waals surface area contributed by atoms with Gasteiger partial charge in [0.05, 0.1) is 9.26 Å². The van der Waals surface area contributed by atoms with Crippen molar-refractivity contribution in [1.29, 1.82) is 0 Å². The summed E-state index contributed by atoms with van der Waals surface area (Å²) in [5, 5.41) is 0. The molecule has 1 rings (SSSR count). The average molecular weight is 348 g/mol. The molecule has 0 saturated carbocycles. The summed E-state index contributed by atoms with van der Waals surface area (Å²) in [6, 6.07) is 0. The highest BCUT2D eigenvalue weighted by Gasteiger charge is 2.09. The maximum Gasteiger partial charge on any atom is 0.140 e. The molecule has 0 saturated heterocycles. The fraction of sp³-hybridized carbons (Fsp3) is 0.667. The molecule has 0 aliphatic heterocycles. The van der Waals surface area contributed by atoms with Crippen molar-refractivity contribution < 1.29 is 0 Å². The van der Waals surface area contributed by atoms with Crippen LogP contribution in [0.4, 0.5) is 5.82 Å². The lowest BCUT2D eigenvalue weighted by atomic mass is 10.3. The van der Waals surface area contributed by atoms with Crippen LogP contribution in [0.5, 0.6) is 0 Å². The second-order valence-corrected chi connectivity index (χ2v) is 4.99. The Kier molecular flexibility index (Phi) is 6.11. The lowest BCUT2D eigenvalue weighted by molar-refractivity contribution is 0.305. The highest BCUT2D eigenvalue weighted by molar-refractivity contribution is 14.1. The van der Waals surface area contributed by atoms with Gasteiger partial charge >= 0.3 is 0 Å². The van der Waals surface area contributed by atoms with E-state index >= 15 is 0 Å². The number of nitrogens with two attached hydrogens (primary N) is 1. The van der Waals surface area contributed by atoms with Crippen LogP contribution in [0.1, 0.15) is 32.3 Å². The molecule has 0 aliphatic carbocycles. The quantitative estimate of drug-likeness (QED) is 0.800. The van der Waals surface area contributed by atoms with Crippen molar-refractivity contribution in [2.45, 2.75) is 33.6 Å². The Bertz CT molecular complexity index is 364. The second-order valence-electron chi connectivity index (χ2n) is 3.92. The van der Waals surface area contributed by atoms with Gasteiger partial charge in [0.15, 0.2) is 0 Å². The normalized spacial score (nSPS) is 11.1. The molecular weight excluding hydrogens is 327 g/mol. The van der Waals surface area contributed by atoms with E-state index in [4.69, 9.17) is 5.73 Å². The maximum absolute atomic E-state index is 5.90. The highest BCUT2D eigenvalue weighted by atomic mass is 127. The summed E-state index contributed by atoms with van der Waals surface area (Å²) in [6.07, 6.45) is 1.78. The first-order valence-electron chi connectivity index (χ1n) is 6.15. The van der Waals surface area contributed by atoms with E-state index in [0.717, 1.165) is 47.6 Å². The number of hydrogen-bond acceptors (Lipinski definition) is 4. The smallest absolute Gasteiger partial charge is 0.140 e. The molecule has 0 radical (unpaired) electrons. The van der Waals surface area contributed by atoms with Crippen LogP contribution < -0.4 is 5.73 Å². The van der Waals surface area contributed by atoms with Gasteiger partial charge in [-0.05, 0) is 42.1 Å². The average Bonchev–Trinajstić information content (AvgIpc) is 2.34. The fourth-order valence-electron chi connectivity index (χ4n) is 1.71. The van der Waals surface area contributed by atoms with Crippen LogP contribution in [0.2, 0.25) is 0 Å². The lowest BCUT2D eigenvalue weighted by Crippen LogP contribution is -2.26. The van der Waals surface area contributed by atoms with Gasteiger partial charge < -0.3 is 10.6 Å². The van der Waals surface area contributed by atoms with Crippen LogP contribution in [0.15, 0.2) is 0 Å². The molecule has 0 aromatic carbocycles. The van der Waals surface area contributed by atoms with Gasteiger partial charge in [-0.2, -0.15) is 0 Å². The summed E-state index contributed by atoms with van der Waals surface area (Å²) in [5.41, 5.74) is 6.96. The van der Waals surface area contributed by atoms with E-state index in [1.165, 1.54) is 0 Å². The largest absolute Gasteiger partial charge is 0.383 e. The molecule has 1 aromatic rings. The van der Waals surface area contributed by atoms with Gasteiger partial charge in [0.25, 0.3) is 0 Å². The van der Waals surface area contributed by atoms with E-state index in [9.17, 15) is 0 Å². The van der Waals surface area contributed by atoms with Gasteiger partial charge in [-0.15, -0.1) is 0 Å². The minimum atomic E-state index is 0.618. The summed E-state index contributed by atoms with van der Waals surface area (Å²) in [7, 11) is 0. The number of halogens is 1. The SMILES string of the molecule is CCc1nc(CCN(CC)CC)nc(N)c1I. The first-order valence-corrected chi connectivity index (χ1v) is 7.23. The predicted octanol–water partition coefficient (Wildman–Crippen LogP) is 2.11. The minimum absolute atomic E-state index is 0.618. The lowest BCUT2D eigenvalue weighted by Gasteiger charge is -2.17. The van der Waals surface area contributed by atoms with Crippen molar-refractivity contribution in [1.82, 2.24) is 14.9 Å². The van der Waals surface area contributed by atoms with E-state index < -0.39 is 0 Å². The monoisotopic (exact) mass is 348 g/mol. The van der Waals surface area contributed by atoms with Crippen LogP contribution in [0, 0.1) is 3.57 Å². The van der Waals surface area contributed by atoms with E-state index in [1.807, 2.05) is 0 Å². The van der Waals surface area contributed by atoms with Gasteiger partial charge in [-0.25, -0.2) is 9.97 Å². The number of nitrogen functional groups attached to an aromatic ring is 1. The summed E-state index contributed by atoms with van der Waals surface area (Å²) in [4.78, 5) is 11.3. The third-order valence-electron chi connectivity index (χ3n) is 2.87. The third-order valence-corrected chi connectivity index (χ3v) is 4.05. The fourth-order valence-corrected chi connectivity index (χ4v) is 2.33. The van der Waals surface area contributed by atoms with Gasteiger partial charge in [-0.3, -0.25) is 0 Å². The van der Waals surface area contributed by atoms with Crippen molar-refractivity contribution in [2.24, 2.45) is 0 Å². The first-order chi connectivity index (χ1) is 8.12. The Morgan fingerprint density at radius 1 is 1.18 bits per heavy atom. The van der Waals surface area contributed by atoms with Crippen molar-refractivity contribution in [3.8, 4) is 0 Å². The molecule has 0 amide bonds. The molecule has 0 bridgehead atoms. The molecule has 96 valence electrons. The van der Waals surface area contributed by atoms with E-state index in [2.05, 4.69) is 58.2 Å². The van der Waals surface area contributed by atoms with Crippen molar-refractivity contribution in [3.05, 3.63) is 15.1 Å². The van der Waals surface area contributed by atoms with E-state index in [1.54, 1.807) is 0 Å². The topological polar surface area (TPSA) is 55.0 Å². The number of hydrogen-bond donors (Lipinski definition) is 1. The standard InChI is InChI=1S/C12H21IN4/c1-4-9-11(13)12(14)16-10(15-9)7-8-17(5-2)6-3/h4-8H2,1-3H3,(H2,14,15,16). The number of nitrogens with zero attached hydrogens (tertiary/aromatic N) is 3. The number of anilines is 1. The van der Waals surface area contributed by atoms with Gasteiger partial charge in [-0.1, -0.05) is 20.8 Å². The van der Waals surface area contributed by atoms with Crippen molar-refractivity contribution in [3.63, 3.8) is 0 Å². The molecule has 4 nitrogen and oxygen atoms in total. The van der Waals surface area contributed by atoms with E-state index in [0.29, 0.717) is 5.82 Å². The predicted molar refractivity (Wildman–Crippen MR) is 80.0 cm³/mol. The molecule has 0 atom stereocenters. The Labute approximate surface area is 117 Å². The molecule has 17 heavy (non-hydrogen) atoms. The molecule has 2 N–H and O–H groups in total. The molecular formula is C12H21IN4. The molecule has 0 fully saturated rings. The van der Waals surface area contributed by atoms with Crippen molar-refractivity contribution >= 4 is 28.4 Å². The summed E-state index contributed by atoms with van der Waals surface area (Å²) in [5.74, 6) is 1.48. The zero-order valence-electron chi connectivity index (χ0n) is 10.8. The minimum Gasteiger partial charge on any atom is -0.383 e. The van der Waals surface area contributed by atoms with Crippen molar-refractivity contribution in [2.75, 3.05) is 25.4 Å². The number of aryl methyl sites for hydroxylation is 1. The van der Waals surface area contributed by atoms with Gasteiger partial charge in [0.1, 0.15) is 11.6 Å². The Balaban J connectivity index is 2.75. The Hall–Kier alpha value is -0.430. The van der Waals surface area contributed by atoms with E-state index in [-0.39, 0.29) is 0 Å². The van der Waals surface area contributed by atoms with Crippen LogP contribution in [0.25, 0.3) is 0 Å². The van der Waals surface area contributed by atoms with Crippen LogP contribution in [-0.2, 0) is 12.8 Å². The third kappa shape index (κ3) is 4.06. The molecule has 1 heterocycles. The van der Waals surface area contributed by atoms with Crippen LogP contribution >= 0.6 is 22.6 Å². The molecule has 0 spiro atoms. The highest BCUT2D eigenvalue weighted by Crippen LogP contribution is 2.17. The molecule has 1 aromatic heterocycles. The summed E-state index contributed by atoms with van der Waals surface area (Å²) < 4.78 is 0.997. The first kappa shape index (κ1) is 14.6. The number of likely N-dealkylation sites (N-methyl/N-ethyl adjacent to an activating group) is 1. The van der Waals surface area contributed by atoms with Gasteiger partial charge in [0, 0.05) is 13.0 Å². The molecule has 0 unspecified atom stereocenters.